The number of benzene rings is 2. The first-order valence-electron chi connectivity index (χ1n) is 14.0. The SMILES string of the molecule is C#CC.C/C=C/C(=O)O/C(=C\C1Nc2ccccc2N1C)c1ccccc1.C/C=C\C.C=CC.C=CC(C)C=O.CC. The summed E-state index contributed by atoms with van der Waals surface area (Å²) >= 11 is 0. The smallest absolute Gasteiger partial charge is 0.335 e. The number of allylic oxidation sites excluding steroid dienone is 5. The van der Waals surface area contributed by atoms with E-state index in [9.17, 15) is 9.59 Å². The van der Waals surface area contributed by atoms with Crippen LogP contribution < -0.4 is 10.2 Å². The van der Waals surface area contributed by atoms with Crippen molar-refractivity contribution in [1.82, 2.24) is 0 Å². The van der Waals surface area contributed by atoms with E-state index in [0.717, 1.165) is 23.2 Å². The third kappa shape index (κ3) is 19.5. The molecule has 1 aliphatic rings. The molecule has 5 nitrogen and oxygen atoms in total. The number of nitrogens with zero attached hydrogens (tertiary/aromatic N) is 1. The van der Waals surface area contributed by atoms with Gasteiger partial charge in [0.15, 0.2) is 0 Å². The lowest BCUT2D eigenvalue weighted by atomic mass is 10.1. The number of hydrogen-bond donors (Lipinski definition) is 1. The Labute approximate surface area is 256 Å². The van der Waals surface area contributed by atoms with Crippen LogP contribution in [-0.2, 0) is 14.3 Å². The number of nitrogens with one attached hydrogen (secondary N) is 1. The van der Waals surface area contributed by atoms with Gasteiger partial charge >= 0.3 is 5.97 Å². The molecule has 0 amide bonds. The van der Waals surface area contributed by atoms with Crippen molar-refractivity contribution < 1.29 is 14.3 Å². The fourth-order valence-corrected chi connectivity index (χ4v) is 2.73. The Hall–Kier alpha value is -4.56. The van der Waals surface area contributed by atoms with Crippen LogP contribution in [0.2, 0.25) is 0 Å². The Kier molecular flexibility index (Phi) is 29.4. The number of carbonyl (C=O) groups is 2. The third-order valence-corrected chi connectivity index (χ3v) is 4.81. The van der Waals surface area contributed by atoms with Gasteiger partial charge in [0.1, 0.15) is 18.2 Å². The van der Waals surface area contributed by atoms with Crippen molar-refractivity contribution in [3.05, 3.63) is 116 Å². The van der Waals surface area contributed by atoms with Crippen molar-refractivity contribution in [2.24, 2.45) is 5.92 Å². The van der Waals surface area contributed by atoms with Gasteiger partial charge < -0.3 is 19.7 Å². The van der Waals surface area contributed by atoms with E-state index in [4.69, 9.17) is 4.74 Å². The maximum absolute atomic E-state index is 11.9. The number of para-hydroxylation sites is 2. The van der Waals surface area contributed by atoms with E-state index in [1.807, 2.05) is 108 Å². The lowest BCUT2D eigenvalue weighted by Gasteiger charge is -2.20. The molecule has 0 saturated heterocycles. The Morgan fingerprint density at radius 2 is 1.50 bits per heavy atom. The van der Waals surface area contributed by atoms with E-state index in [1.165, 1.54) is 6.08 Å². The predicted octanol–water partition coefficient (Wildman–Crippen LogP) is 9.48. The van der Waals surface area contributed by atoms with E-state index < -0.39 is 0 Å². The van der Waals surface area contributed by atoms with Gasteiger partial charge in [-0.25, -0.2) is 4.79 Å². The lowest BCUT2D eigenvalue weighted by molar-refractivity contribution is -0.131. The molecule has 0 radical (unpaired) electrons. The number of rotatable bonds is 6. The highest BCUT2D eigenvalue weighted by Gasteiger charge is 2.24. The maximum Gasteiger partial charge on any atom is 0.335 e. The van der Waals surface area contributed by atoms with Gasteiger partial charge in [-0.05, 0) is 46.8 Å². The number of ether oxygens (including phenoxy) is 1. The second-order valence-electron chi connectivity index (χ2n) is 8.13. The topological polar surface area (TPSA) is 58.6 Å². The Bertz CT molecular complexity index is 1110. The monoisotopic (exact) mass is 572 g/mol. The van der Waals surface area contributed by atoms with Gasteiger partial charge in [-0.2, -0.15) is 0 Å². The Morgan fingerprint density at radius 1 is 1.00 bits per heavy atom. The summed E-state index contributed by atoms with van der Waals surface area (Å²) < 4.78 is 5.55. The fraction of sp³-hybridized carbons (Fsp3) is 0.297. The summed E-state index contributed by atoms with van der Waals surface area (Å²) in [7, 11) is 2.01. The second kappa shape index (κ2) is 29.4. The summed E-state index contributed by atoms with van der Waals surface area (Å²) in [5, 5.41) is 3.43. The van der Waals surface area contributed by atoms with Gasteiger partial charge in [-0.15, -0.1) is 25.5 Å². The van der Waals surface area contributed by atoms with Crippen LogP contribution in [0.1, 0.15) is 61.0 Å². The molecule has 0 fully saturated rings. The molecule has 0 spiro atoms. The lowest BCUT2D eigenvalue weighted by Crippen LogP contribution is -2.30. The van der Waals surface area contributed by atoms with Crippen LogP contribution in [0.3, 0.4) is 0 Å². The van der Waals surface area contributed by atoms with Crippen LogP contribution >= 0.6 is 0 Å². The summed E-state index contributed by atoms with van der Waals surface area (Å²) in [5.41, 5.74) is 3.04. The van der Waals surface area contributed by atoms with Crippen molar-refractivity contribution in [2.75, 3.05) is 17.3 Å². The van der Waals surface area contributed by atoms with Gasteiger partial charge in [0.25, 0.3) is 0 Å². The van der Waals surface area contributed by atoms with Crippen LogP contribution in [0.25, 0.3) is 5.76 Å². The summed E-state index contributed by atoms with van der Waals surface area (Å²) in [6, 6.07) is 17.7. The molecule has 2 unspecified atom stereocenters. The molecule has 5 heteroatoms. The number of terminal acetylenes is 1. The zero-order valence-electron chi connectivity index (χ0n) is 27.1. The number of carbonyl (C=O) groups excluding carboxylic acids is 2. The number of likely N-dealkylation sites (N-methyl/N-ethyl adjacent to an activating group) is 1. The molecule has 1 N–H and O–H groups in total. The molecule has 0 aromatic heterocycles. The minimum absolute atomic E-state index is 0.0185. The summed E-state index contributed by atoms with van der Waals surface area (Å²) in [6.07, 6.45) is 17.7. The quantitative estimate of drug-likeness (QED) is 0.0933. The van der Waals surface area contributed by atoms with Crippen molar-refractivity contribution in [1.29, 1.82) is 0 Å². The number of fused-ring (bicyclic) bond motifs is 1. The predicted molar refractivity (Wildman–Crippen MR) is 185 cm³/mol. The minimum atomic E-state index is -0.384. The van der Waals surface area contributed by atoms with Crippen molar-refractivity contribution >= 4 is 29.4 Å². The number of anilines is 2. The third-order valence-electron chi connectivity index (χ3n) is 4.81. The molecule has 1 heterocycles. The first kappa shape index (κ1) is 41.9. The highest BCUT2D eigenvalue weighted by Crippen LogP contribution is 2.34. The van der Waals surface area contributed by atoms with Gasteiger partial charge in [0, 0.05) is 30.7 Å². The molecular weight excluding hydrogens is 520 g/mol. The van der Waals surface area contributed by atoms with E-state index in [2.05, 4.69) is 41.8 Å². The molecule has 228 valence electrons. The van der Waals surface area contributed by atoms with E-state index >= 15 is 0 Å². The van der Waals surface area contributed by atoms with Gasteiger partial charge in [0.05, 0.1) is 11.4 Å². The van der Waals surface area contributed by atoms with Crippen LogP contribution in [0.5, 0.6) is 0 Å². The fourth-order valence-electron chi connectivity index (χ4n) is 2.73. The standard InChI is InChI=1S/C20H20N2O2.C5H8O.C4H8.C3H6.C3H4.C2H6/c1-3-9-20(23)24-18(15-10-5-4-6-11-15)14-19-21-16-12-7-8-13-17(16)22(19)2;1-3-5(2)4-6;1-3-4-2;2*1-3-2;1-2/h3-14,19,21H,1-2H3;3-5H,1H2,2H3;3-4H,1-2H3;3H,1H2,2H3;1H,2H3;1-2H3/b9-3+,18-14-;;4-3-;;;. The van der Waals surface area contributed by atoms with Crippen LogP contribution in [-0.4, -0.2) is 25.5 Å². The average Bonchev–Trinajstić information content (AvgIpc) is 3.34. The number of hydrogen-bond acceptors (Lipinski definition) is 5. The zero-order valence-corrected chi connectivity index (χ0v) is 27.1. The van der Waals surface area contributed by atoms with E-state index in [1.54, 1.807) is 39.0 Å². The normalized spacial score (nSPS) is 13.0. The van der Waals surface area contributed by atoms with Gasteiger partial charge in [-0.1, -0.05) is 93.6 Å². The molecule has 1 aliphatic heterocycles. The highest BCUT2D eigenvalue weighted by molar-refractivity contribution is 5.87. The van der Waals surface area contributed by atoms with E-state index in [-0.39, 0.29) is 18.1 Å². The van der Waals surface area contributed by atoms with Crippen molar-refractivity contribution in [2.45, 2.75) is 61.6 Å². The molecule has 42 heavy (non-hydrogen) atoms. The molecule has 2 aromatic rings. The minimum Gasteiger partial charge on any atom is -0.423 e. The molecule has 2 aromatic carbocycles. The number of aldehydes is 1. The molecule has 0 bridgehead atoms. The Morgan fingerprint density at radius 3 is 1.90 bits per heavy atom. The van der Waals surface area contributed by atoms with Crippen LogP contribution in [0.4, 0.5) is 11.4 Å². The zero-order chi connectivity index (χ0) is 32.8. The molecule has 0 aliphatic carbocycles. The van der Waals surface area contributed by atoms with Gasteiger partial charge in [0.2, 0.25) is 0 Å². The van der Waals surface area contributed by atoms with Gasteiger partial charge in [-0.3, -0.25) is 0 Å². The Balaban J connectivity index is -0.000000698. The van der Waals surface area contributed by atoms with Crippen molar-refractivity contribution in [3.63, 3.8) is 0 Å². The first-order chi connectivity index (χ1) is 20.2. The maximum atomic E-state index is 11.9. The molecule has 2 atom stereocenters. The molecule has 0 saturated carbocycles. The van der Waals surface area contributed by atoms with Crippen LogP contribution in [0.15, 0.2) is 110 Å². The van der Waals surface area contributed by atoms with E-state index in [0.29, 0.717) is 5.76 Å². The largest absolute Gasteiger partial charge is 0.423 e. The molecular formula is C37H52N2O3. The average molecular weight is 573 g/mol. The summed E-state index contributed by atoms with van der Waals surface area (Å²) in [5.74, 6) is 2.42. The highest BCUT2D eigenvalue weighted by atomic mass is 16.5. The molecule has 3 rings (SSSR count). The first-order valence-corrected chi connectivity index (χ1v) is 14.0. The van der Waals surface area contributed by atoms with Crippen molar-refractivity contribution in [3.8, 4) is 12.3 Å². The summed E-state index contributed by atoms with van der Waals surface area (Å²) in [4.78, 5) is 23.7. The number of esters is 1. The second-order valence-corrected chi connectivity index (χ2v) is 8.13. The van der Waals surface area contributed by atoms with Crippen LogP contribution in [0, 0.1) is 18.3 Å². The summed E-state index contributed by atoms with van der Waals surface area (Å²) in [6.45, 7) is 21.9.